The van der Waals surface area contributed by atoms with Gasteiger partial charge in [0.15, 0.2) is 0 Å². The molecule has 4 atom stereocenters. The predicted molar refractivity (Wildman–Crippen MR) is 132 cm³/mol. The summed E-state index contributed by atoms with van der Waals surface area (Å²) in [4.78, 5) is 12.4. The van der Waals surface area contributed by atoms with Crippen molar-refractivity contribution >= 4 is 17.6 Å². The molecule has 178 valence electrons. The van der Waals surface area contributed by atoms with E-state index >= 15 is 4.39 Å². The third-order valence-electron chi connectivity index (χ3n) is 7.89. The molecule has 2 saturated carbocycles. The van der Waals surface area contributed by atoms with Gasteiger partial charge in [-0.2, -0.15) is 0 Å². The quantitative estimate of drug-likeness (QED) is 0.218. The third-order valence-corrected chi connectivity index (χ3v) is 8.14. The lowest BCUT2D eigenvalue weighted by atomic mass is 9.63. The second-order valence-corrected chi connectivity index (χ2v) is 10.6. The molecule has 2 nitrogen and oxygen atoms in total. The van der Waals surface area contributed by atoms with E-state index in [2.05, 4.69) is 6.92 Å². The molecule has 0 aliphatic heterocycles. The molecule has 2 aliphatic carbocycles. The van der Waals surface area contributed by atoms with E-state index in [1.54, 1.807) is 36.4 Å². The van der Waals surface area contributed by atoms with Gasteiger partial charge in [0.25, 0.3) is 0 Å². The van der Waals surface area contributed by atoms with Gasteiger partial charge in [0, 0.05) is 5.02 Å². The number of carbonyl (C=O) groups is 1. The summed E-state index contributed by atoms with van der Waals surface area (Å²) in [6, 6.07) is 11.4. The zero-order valence-corrected chi connectivity index (χ0v) is 20.5. The highest BCUT2D eigenvalue weighted by Gasteiger charge is 2.36. The maximum Gasteiger partial charge on any atom is 0.343 e. The van der Waals surface area contributed by atoms with Gasteiger partial charge in [-0.1, -0.05) is 63.1 Å². The van der Waals surface area contributed by atoms with Gasteiger partial charge >= 0.3 is 5.97 Å². The minimum Gasteiger partial charge on any atom is -0.423 e. The molecule has 0 bridgehead atoms. The molecule has 1 unspecified atom stereocenters. The fraction of sp³-hybridized carbons (Fsp3) is 0.552. The van der Waals surface area contributed by atoms with Crippen molar-refractivity contribution in [2.24, 2.45) is 17.8 Å². The van der Waals surface area contributed by atoms with Crippen LogP contribution in [0.1, 0.15) is 99.4 Å². The molecule has 4 heteroatoms. The average Bonchev–Trinajstić information content (AvgIpc) is 2.83. The summed E-state index contributed by atoms with van der Waals surface area (Å²) in [5.41, 5.74) is 1.00. The van der Waals surface area contributed by atoms with Crippen LogP contribution < -0.4 is 4.74 Å². The van der Waals surface area contributed by atoms with Gasteiger partial charge in [0.2, 0.25) is 0 Å². The molecule has 0 radical (unpaired) electrons. The van der Waals surface area contributed by atoms with E-state index in [0.29, 0.717) is 10.8 Å². The summed E-state index contributed by atoms with van der Waals surface area (Å²) < 4.78 is 20.4. The van der Waals surface area contributed by atoms with Crippen molar-refractivity contribution in [1.29, 1.82) is 0 Å². The lowest BCUT2D eigenvalue weighted by molar-refractivity contribution is 0.0734. The Morgan fingerprint density at radius 1 is 0.970 bits per heavy atom. The first-order valence-electron chi connectivity index (χ1n) is 12.8. The van der Waals surface area contributed by atoms with Crippen LogP contribution in [0.4, 0.5) is 4.39 Å². The molecule has 33 heavy (non-hydrogen) atoms. The number of ether oxygens (including phenoxy) is 1. The van der Waals surface area contributed by atoms with Crippen LogP contribution in [-0.4, -0.2) is 5.97 Å². The second kappa shape index (κ2) is 11.5. The van der Waals surface area contributed by atoms with Gasteiger partial charge in [0.1, 0.15) is 11.6 Å². The first kappa shape index (κ1) is 24.3. The lowest BCUT2D eigenvalue weighted by Gasteiger charge is -2.42. The number of benzene rings is 2. The van der Waals surface area contributed by atoms with E-state index in [9.17, 15) is 4.79 Å². The van der Waals surface area contributed by atoms with E-state index in [-0.39, 0.29) is 17.3 Å². The second-order valence-electron chi connectivity index (χ2n) is 10.1. The molecule has 2 aromatic rings. The van der Waals surface area contributed by atoms with E-state index in [4.69, 9.17) is 16.3 Å². The van der Waals surface area contributed by atoms with Crippen LogP contribution in [0.2, 0.25) is 5.02 Å². The molecule has 0 heterocycles. The molecule has 0 N–H and O–H groups in total. The highest BCUT2D eigenvalue weighted by Crippen LogP contribution is 2.48. The molecular formula is C29H36ClFO2. The van der Waals surface area contributed by atoms with Crippen molar-refractivity contribution in [3.8, 4) is 5.75 Å². The molecule has 0 amide bonds. The Balaban J connectivity index is 1.32. The molecule has 4 rings (SSSR count). The van der Waals surface area contributed by atoms with Gasteiger partial charge in [-0.3, -0.25) is 0 Å². The average molecular weight is 471 g/mol. The minimum absolute atomic E-state index is 0.239. The van der Waals surface area contributed by atoms with Crippen molar-refractivity contribution in [1.82, 2.24) is 0 Å². The minimum atomic E-state index is -0.552. The molecular weight excluding hydrogens is 435 g/mol. The van der Waals surface area contributed by atoms with Crippen LogP contribution in [0.5, 0.6) is 5.75 Å². The summed E-state index contributed by atoms with van der Waals surface area (Å²) in [5, 5.41) is 0.570. The summed E-state index contributed by atoms with van der Waals surface area (Å²) >= 11 is 5.87. The molecule has 0 spiro atoms. The van der Waals surface area contributed by atoms with Crippen molar-refractivity contribution < 1.29 is 13.9 Å². The normalized spacial score (nSPS) is 24.8. The van der Waals surface area contributed by atoms with Crippen LogP contribution in [0.15, 0.2) is 42.5 Å². The zero-order chi connectivity index (χ0) is 23.2. The smallest absolute Gasteiger partial charge is 0.343 e. The van der Waals surface area contributed by atoms with Gasteiger partial charge in [-0.15, -0.1) is 0 Å². The third kappa shape index (κ3) is 6.38. The number of fused-ring (bicyclic) bond motifs is 1. The number of unbranched alkanes of at least 4 members (excludes halogenated alkanes) is 3. The van der Waals surface area contributed by atoms with Gasteiger partial charge < -0.3 is 4.74 Å². The largest absolute Gasteiger partial charge is 0.423 e. The maximum absolute atomic E-state index is 15.0. The highest BCUT2D eigenvalue weighted by atomic mass is 35.5. The standard InChI is InChI=1S/C29H36ClFO2/c1-2-3-4-5-6-20-7-8-22-18-23(10-9-21(22)17-20)27-16-11-24(19-28(27)31)29(32)33-26-14-12-25(30)13-15-26/h11-16,19-23H,2-10,17-18H2,1H3/t20-,21-,22+,23?/m0/s1. The SMILES string of the molecule is CCCCCC[C@H]1CC[C@@H]2CC(c3ccc(C(=O)Oc4ccc(Cl)cc4)cc3F)CC[C@H]2C1. The van der Waals surface area contributed by atoms with E-state index in [1.165, 1.54) is 63.9 Å². The van der Waals surface area contributed by atoms with Gasteiger partial charge in [0.05, 0.1) is 5.56 Å². The van der Waals surface area contributed by atoms with E-state index < -0.39 is 5.97 Å². The topological polar surface area (TPSA) is 26.3 Å². The first-order valence-corrected chi connectivity index (χ1v) is 13.2. The fourth-order valence-corrected chi connectivity index (χ4v) is 6.17. The van der Waals surface area contributed by atoms with Crippen LogP contribution in [0.3, 0.4) is 0 Å². The van der Waals surface area contributed by atoms with Crippen molar-refractivity contribution in [3.63, 3.8) is 0 Å². The first-order chi connectivity index (χ1) is 16.0. The van der Waals surface area contributed by atoms with Crippen LogP contribution in [0, 0.1) is 23.6 Å². The zero-order valence-electron chi connectivity index (χ0n) is 19.7. The summed E-state index contributed by atoms with van der Waals surface area (Å²) in [6.45, 7) is 2.27. The molecule has 2 aromatic carbocycles. The molecule has 0 saturated heterocycles. The van der Waals surface area contributed by atoms with Gasteiger partial charge in [-0.25, -0.2) is 9.18 Å². The van der Waals surface area contributed by atoms with Crippen molar-refractivity contribution in [2.75, 3.05) is 0 Å². The maximum atomic E-state index is 15.0. The Hall–Kier alpha value is -1.87. The molecule has 2 fully saturated rings. The number of hydrogen-bond donors (Lipinski definition) is 0. The monoisotopic (exact) mass is 470 g/mol. The number of esters is 1. The predicted octanol–water partition coefficient (Wildman–Crippen LogP) is 8.97. The molecule has 2 aliphatic rings. The Labute approximate surface area is 202 Å². The van der Waals surface area contributed by atoms with E-state index in [0.717, 1.165) is 36.2 Å². The Morgan fingerprint density at radius 2 is 1.73 bits per heavy atom. The van der Waals surface area contributed by atoms with Crippen LogP contribution in [-0.2, 0) is 0 Å². The number of halogens is 2. The Morgan fingerprint density at radius 3 is 2.48 bits per heavy atom. The molecule has 0 aromatic heterocycles. The number of carbonyl (C=O) groups excluding carboxylic acids is 1. The Bertz CT molecular complexity index is 926. The fourth-order valence-electron chi connectivity index (χ4n) is 6.04. The van der Waals surface area contributed by atoms with Crippen LogP contribution >= 0.6 is 11.6 Å². The van der Waals surface area contributed by atoms with Gasteiger partial charge in [-0.05, 0) is 97.7 Å². The van der Waals surface area contributed by atoms with E-state index in [1.807, 2.05) is 0 Å². The summed E-state index contributed by atoms with van der Waals surface area (Å²) in [7, 11) is 0. The summed E-state index contributed by atoms with van der Waals surface area (Å²) in [6.07, 6.45) is 14.2. The van der Waals surface area contributed by atoms with Crippen LogP contribution in [0.25, 0.3) is 0 Å². The summed E-state index contributed by atoms with van der Waals surface area (Å²) in [5.74, 6) is 2.27. The number of rotatable bonds is 8. The van der Waals surface area contributed by atoms with Crippen molar-refractivity contribution in [2.45, 2.75) is 83.5 Å². The van der Waals surface area contributed by atoms with Crippen molar-refractivity contribution in [3.05, 3.63) is 64.4 Å². The highest BCUT2D eigenvalue weighted by molar-refractivity contribution is 6.30. The Kier molecular flexibility index (Phi) is 8.46. The lowest BCUT2D eigenvalue weighted by Crippen LogP contribution is -2.30. The number of hydrogen-bond acceptors (Lipinski definition) is 2.